The van der Waals surface area contributed by atoms with Gasteiger partial charge in [-0.2, -0.15) is 14.9 Å². The number of rotatable bonds is 1. The van der Waals surface area contributed by atoms with E-state index in [9.17, 15) is 22.4 Å². The first-order valence-electron chi connectivity index (χ1n) is 4.23. The van der Waals surface area contributed by atoms with Gasteiger partial charge in [0.05, 0.1) is 0 Å². The smallest absolute Gasteiger partial charge is 0.305 e. The Bertz CT molecular complexity index is 472. The van der Waals surface area contributed by atoms with Gasteiger partial charge in [0.1, 0.15) is 0 Å². The molecule has 1 aromatic heterocycles. The number of hydrogen-bond donors (Lipinski definition) is 0. The molecule has 2 nitrogen and oxygen atoms in total. The number of allylic oxidation sites excluding steroid dienone is 2. The minimum Gasteiger partial charge on any atom is -0.351 e. The fourth-order valence-corrected chi connectivity index (χ4v) is 1.34. The van der Waals surface area contributed by atoms with Gasteiger partial charge >= 0.3 is 5.92 Å². The molecule has 0 unspecified atom stereocenters. The molecule has 0 aliphatic heterocycles. The number of hydrogen-bond acceptors (Lipinski definition) is 2. The second kappa shape index (κ2) is 4.31. The van der Waals surface area contributed by atoms with Crippen molar-refractivity contribution >= 4 is 11.4 Å². The number of aromatic nitrogens is 1. The molecule has 17 heavy (non-hydrogen) atoms. The third-order valence-corrected chi connectivity index (χ3v) is 2.09. The molecule has 0 bridgehead atoms. The Hall–Kier alpha value is -1.07. The van der Waals surface area contributed by atoms with Crippen LogP contribution in [0.4, 0.5) is 17.6 Å². The Balaban J connectivity index is 0.00000144. The Kier molecular flexibility index (Phi) is 3.55. The molecule has 1 aliphatic rings. The van der Waals surface area contributed by atoms with Crippen LogP contribution < -0.4 is 0 Å². The summed E-state index contributed by atoms with van der Waals surface area (Å²) in [6.07, 6.45) is 2.38. The van der Waals surface area contributed by atoms with E-state index < -0.39 is 23.2 Å². The largest absolute Gasteiger partial charge is 0.351 e. The van der Waals surface area contributed by atoms with Gasteiger partial charge in [0.15, 0.2) is 0 Å². The minimum absolute atomic E-state index is 0. The van der Waals surface area contributed by atoms with E-state index in [2.05, 4.69) is 4.98 Å². The van der Waals surface area contributed by atoms with Gasteiger partial charge in [0.2, 0.25) is 0 Å². The van der Waals surface area contributed by atoms with Crippen LogP contribution in [0.3, 0.4) is 0 Å². The van der Waals surface area contributed by atoms with Crippen molar-refractivity contribution in [1.29, 1.82) is 0 Å². The summed E-state index contributed by atoms with van der Waals surface area (Å²) < 4.78 is 52.0. The normalized spacial score (nSPS) is 20.7. The Morgan fingerprint density at radius 2 is 1.82 bits per heavy atom. The molecule has 7 heteroatoms. The zero-order valence-corrected chi connectivity index (χ0v) is 10.4. The second-order valence-corrected chi connectivity index (χ2v) is 3.19. The maximum absolute atomic E-state index is 13.2. The summed E-state index contributed by atoms with van der Waals surface area (Å²) in [5, 5.41) is 0. The number of nitrogens with zero attached hydrogens (tertiary/aromatic N) is 1. The average Bonchev–Trinajstić information content (AvgIpc) is 2.40. The number of Topliss-reactive ketones (excluding diaryl/α,β-unsaturated/α-hetero) is 1. The van der Waals surface area contributed by atoms with Crippen LogP contribution in [0.2, 0.25) is 0 Å². The molecule has 0 N–H and O–H groups in total. The summed E-state index contributed by atoms with van der Waals surface area (Å²) in [5.41, 5.74) is -1.54. The summed E-state index contributed by atoms with van der Waals surface area (Å²) in [6.45, 7) is 0. The van der Waals surface area contributed by atoms with Crippen molar-refractivity contribution in [3.05, 3.63) is 36.2 Å². The number of alkyl halides is 4. The Morgan fingerprint density at radius 3 is 2.24 bits per heavy atom. The topological polar surface area (TPSA) is 30.0 Å². The maximum Gasteiger partial charge on any atom is 0.305 e. The van der Waals surface area contributed by atoms with Crippen LogP contribution in [-0.2, 0) is 24.9 Å². The molecule has 1 aromatic rings. The van der Waals surface area contributed by atoms with Gasteiger partial charge < -0.3 is 4.98 Å². The predicted molar refractivity (Wildman–Crippen MR) is 45.8 cm³/mol. The van der Waals surface area contributed by atoms with Crippen molar-refractivity contribution in [3.63, 3.8) is 0 Å². The van der Waals surface area contributed by atoms with E-state index in [1.54, 1.807) is 0 Å². The van der Waals surface area contributed by atoms with Crippen molar-refractivity contribution in [1.82, 2.24) is 4.98 Å². The standard InChI is InChI=1S/C10H4F4NO.Ir/c11-9(12)5-6(10(13,14)8(9)16)7-3-1-2-4-15-7;/h1-4H;/q-1;. The third kappa shape index (κ3) is 2.17. The monoisotopic (exact) mass is 423 g/mol. The van der Waals surface area contributed by atoms with Gasteiger partial charge in [-0.25, -0.2) is 8.78 Å². The fraction of sp³-hybridized carbons (Fsp3) is 0.200. The van der Waals surface area contributed by atoms with Crippen LogP contribution in [-0.4, -0.2) is 22.6 Å². The molecule has 93 valence electrons. The molecule has 1 heterocycles. The first-order chi connectivity index (χ1) is 7.36. The molecule has 0 saturated heterocycles. The molecule has 0 spiro atoms. The third-order valence-electron chi connectivity index (χ3n) is 2.09. The van der Waals surface area contributed by atoms with E-state index in [1.165, 1.54) is 24.4 Å². The van der Waals surface area contributed by atoms with Crippen molar-refractivity contribution < 1.29 is 42.5 Å². The van der Waals surface area contributed by atoms with Crippen molar-refractivity contribution in [2.45, 2.75) is 11.8 Å². The first-order valence-corrected chi connectivity index (χ1v) is 4.23. The molecule has 1 radical (unpaired) electrons. The predicted octanol–water partition coefficient (Wildman–Crippen LogP) is 2.12. The van der Waals surface area contributed by atoms with Crippen molar-refractivity contribution in [2.24, 2.45) is 0 Å². The van der Waals surface area contributed by atoms with E-state index in [1.807, 2.05) is 0 Å². The Labute approximate surface area is 107 Å². The Morgan fingerprint density at radius 1 is 1.18 bits per heavy atom. The van der Waals surface area contributed by atoms with Crippen molar-refractivity contribution in [2.75, 3.05) is 0 Å². The molecule has 1 aliphatic carbocycles. The minimum atomic E-state index is -4.25. The van der Waals surface area contributed by atoms with Gasteiger partial charge in [-0.1, -0.05) is 11.8 Å². The SMILES string of the molecule is O=C1C(F)(F)[C-]=C(c2ccccn2)C1(F)F.[Ir]. The van der Waals surface area contributed by atoms with E-state index in [4.69, 9.17) is 0 Å². The summed E-state index contributed by atoms with van der Waals surface area (Å²) in [4.78, 5) is 14.2. The van der Waals surface area contributed by atoms with Crippen LogP contribution in [0.1, 0.15) is 5.69 Å². The van der Waals surface area contributed by atoms with E-state index >= 15 is 0 Å². The van der Waals surface area contributed by atoms with Gasteiger partial charge in [-0.05, 0) is 6.07 Å². The molecule has 0 saturated carbocycles. The van der Waals surface area contributed by atoms with Crippen LogP contribution in [0.15, 0.2) is 24.4 Å². The molecule has 0 atom stereocenters. The number of carbonyl (C=O) groups excluding carboxylic acids is 1. The molecule has 2 rings (SSSR count). The van der Waals surface area contributed by atoms with Gasteiger partial charge in [0.25, 0.3) is 11.7 Å². The van der Waals surface area contributed by atoms with Crippen LogP contribution in [0.25, 0.3) is 5.57 Å². The van der Waals surface area contributed by atoms with Gasteiger partial charge in [-0.3, -0.25) is 4.79 Å². The molecule has 0 amide bonds. The van der Waals surface area contributed by atoms with E-state index in [0.717, 1.165) is 6.07 Å². The summed E-state index contributed by atoms with van der Waals surface area (Å²) in [5.74, 6) is -10.9. The first kappa shape index (κ1) is 14.0. The van der Waals surface area contributed by atoms with Crippen LogP contribution >= 0.6 is 0 Å². The number of pyridine rings is 1. The second-order valence-electron chi connectivity index (χ2n) is 3.19. The zero-order chi connectivity index (χ0) is 12.0. The number of halogens is 4. The zero-order valence-electron chi connectivity index (χ0n) is 8.01. The molecule has 0 fully saturated rings. The average molecular weight is 422 g/mol. The molecule has 0 aromatic carbocycles. The summed E-state index contributed by atoms with van der Waals surface area (Å²) in [7, 11) is 0. The molecular formula is C10H4F4IrNO-. The quantitative estimate of drug-likeness (QED) is 0.513. The number of ketones is 1. The van der Waals surface area contributed by atoms with Gasteiger partial charge in [0, 0.05) is 26.3 Å². The van der Waals surface area contributed by atoms with E-state index in [0.29, 0.717) is 0 Å². The fourth-order valence-electron chi connectivity index (χ4n) is 1.34. The maximum atomic E-state index is 13.2. The number of carbonyl (C=O) groups is 1. The van der Waals surface area contributed by atoms with Crippen molar-refractivity contribution in [3.8, 4) is 0 Å². The van der Waals surface area contributed by atoms with Crippen LogP contribution in [0, 0.1) is 6.08 Å². The molecular weight excluding hydrogens is 418 g/mol. The van der Waals surface area contributed by atoms with E-state index in [-0.39, 0.29) is 25.8 Å². The van der Waals surface area contributed by atoms with Gasteiger partial charge in [-0.15, -0.1) is 11.6 Å². The summed E-state index contributed by atoms with van der Waals surface area (Å²) in [6, 6.07) is 3.91. The van der Waals surface area contributed by atoms with Crippen LogP contribution in [0.5, 0.6) is 0 Å². The summed E-state index contributed by atoms with van der Waals surface area (Å²) >= 11 is 0.